The summed E-state index contributed by atoms with van der Waals surface area (Å²) in [7, 11) is 0. The van der Waals surface area contributed by atoms with Crippen molar-refractivity contribution in [2.75, 3.05) is 6.54 Å². The van der Waals surface area contributed by atoms with Crippen molar-refractivity contribution in [3.63, 3.8) is 0 Å². The summed E-state index contributed by atoms with van der Waals surface area (Å²) in [6.07, 6.45) is 4.20. The second-order valence-corrected chi connectivity index (χ2v) is 6.22. The highest BCUT2D eigenvalue weighted by Gasteiger charge is 2.44. The quantitative estimate of drug-likeness (QED) is 0.797. The summed E-state index contributed by atoms with van der Waals surface area (Å²) in [6.45, 7) is 5.44. The van der Waals surface area contributed by atoms with E-state index >= 15 is 0 Å². The molecule has 3 atom stereocenters. The Hall–Kier alpha value is -0.860. The van der Waals surface area contributed by atoms with Crippen molar-refractivity contribution < 1.29 is 5.11 Å². The summed E-state index contributed by atoms with van der Waals surface area (Å²) in [5, 5.41) is 14.7. The smallest absolute Gasteiger partial charge is 0.105 e. The first-order chi connectivity index (χ1) is 8.59. The van der Waals surface area contributed by atoms with Crippen LogP contribution in [0.5, 0.6) is 0 Å². The van der Waals surface area contributed by atoms with E-state index in [4.69, 9.17) is 0 Å². The molecule has 18 heavy (non-hydrogen) atoms. The Morgan fingerprint density at radius 1 is 1.39 bits per heavy atom. The maximum absolute atomic E-state index is 11.1. The Bertz CT molecular complexity index is 456. The van der Waals surface area contributed by atoms with E-state index in [2.05, 4.69) is 37.4 Å². The van der Waals surface area contributed by atoms with Gasteiger partial charge in [-0.1, -0.05) is 30.7 Å². The molecule has 98 valence electrons. The molecule has 1 aromatic rings. The van der Waals surface area contributed by atoms with Crippen LogP contribution in [0.3, 0.4) is 0 Å². The van der Waals surface area contributed by atoms with Gasteiger partial charge < -0.3 is 10.4 Å². The van der Waals surface area contributed by atoms with Crippen LogP contribution in [0.2, 0.25) is 0 Å². The number of hydrogen-bond acceptors (Lipinski definition) is 2. The summed E-state index contributed by atoms with van der Waals surface area (Å²) in [6, 6.07) is 6.75. The van der Waals surface area contributed by atoms with Crippen LogP contribution < -0.4 is 5.32 Å². The average molecular weight is 245 g/mol. The molecule has 2 nitrogen and oxygen atoms in total. The van der Waals surface area contributed by atoms with Crippen molar-refractivity contribution in [2.45, 2.75) is 51.2 Å². The van der Waals surface area contributed by atoms with Crippen LogP contribution in [0, 0.1) is 12.8 Å². The summed E-state index contributed by atoms with van der Waals surface area (Å²) in [5.74, 6) is 0.717. The standard InChI is InChI=1S/C16H23NO/c1-11-3-4-13-5-7-16(18,14(13)9-11)15-10-12(2)6-8-17-15/h3-4,9,12,15,17-18H,5-8,10H2,1-2H3. The van der Waals surface area contributed by atoms with Gasteiger partial charge in [-0.2, -0.15) is 0 Å². The minimum Gasteiger partial charge on any atom is -0.384 e. The highest BCUT2D eigenvalue weighted by Crippen LogP contribution is 2.42. The van der Waals surface area contributed by atoms with Crippen molar-refractivity contribution in [1.82, 2.24) is 5.32 Å². The molecule has 3 unspecified atom stereocenters. The van der Waals surface area contributed by atoms with Crippen LogP contribution in [0.25, 0.3) is 0 Å². The minimum atomic E-state index is -0.643. The number of piperidine rings is 1. The van der Waals surface area contributed by atoms with Crippen molar-refractivity contribution in [2.24, 2.45) is 5.92 Å². The van der Waals surface area contributed by atoms with Gasteiger partial charge in [0.05, 0.1) is 0 Å². The maximum atomic E-state index is 11.1. The van der Waals surface area contributed by atoms with Crippen LogP contribution in [0.1, 0.15) is 42.9 Å². The highest BCUT2D eigenvalue weighted by molar-refractivity contribution is 5.41. The van der Waals surface area contributed by atoms with Gasteiger partial charge in [0.1, 0.15) is 5.60 Å². The van der Waals surface area contributed by atoms with Gasteiger partial charge in [-0.3, -0.25) is 0 Å². The topological polar surface area (TPSA) is 32.3 Å². The summed E-state index contributed by atoms with van der Waals surface area (Å²) >= 11 is 0. The number of benzene rings is 1. The van der Waals surface area contributed by atoms with Gasteiger partial charge >= 0.3 is 0 Å². The number of aryl methyl sites for hydroxylation is 2. The molecule has 0 spiro atoms. The first-order valence-corrected chi connectivity index (χ1v) is 7.15. The Morgan fingerprint density at radius 3 is 3.00 bits per heavy atom. The lowest BCUT2D eigenvalue weighted by atomic mass is 9.80. The molecular weight excluding hydrogens is 222 g/mol. The van der Waals surface area contributed by atoms with E-state index in [-0.39, 0.29) is 6.04 Å². The van der Waals surface area contributed by atoms with Crippen LogP contribution in [-0.2, 0) is 12.0 Å². The lowest BCUT2D eigenvalue weighted by molar-refractivity contribution is -0.0169. The van der Waals surface area contributed by atoms with E-state index in [0.29, 0.717) is 5.92 Å². The Labute approximate surface area is 109 Å². The average Bonchev–Trinajstić information content (AvgIpc) is 2.68. The van der Waals surface area contributed by atoms with Crippen LogP contribution in [0.15, 0.2) is 18.2 Å². The molecular formula is C16H23NO. The molecule has 0 aromatic heterocycles. The van der Waals surface area contributed by atoms with Gasteiger partial charge in [-0.25, -0.2) is 0 Å². The predicted octanol–water partition coefficient (Wildman–Crippen LogP) is 2.52. The molecule has 3 rings (SSSR count). The fourth-order valence-corrected chi connectivity index (χ4v) is 3.60. The third-order valence-electron chi connectivity index (χ3n) is 4.75. The molecule has 0 bridgehead atoms. The Balaban J connectivity index is 1.95. The van der Waals surface area contributed by atoms with Gasteiger partial charge in [0.15, 0.2) is 0 Å². The van der Waals surface area contributed by atoms with Crippen molar-refractivity contribution >= 4 is 0 Å². The Morgan fingerprint density at radius 2 is 2.22 bits per heavy atom. The van der Waals surface area contributed by atoms with Crippen LogP contribution in [-0.4, -0.2) is 17.7 Å². The second kappa shape index (κ2) is 4.36. The number of rotatable bonds is 1. The first-order valence-electron chi connectivity index (χ1n) is 7.15. The van der Waals surface area contributed by atoms with E-state index in [9.17, 15) is 5.11 Å². The van der Waals surface area contributed by atoms with Crippen molar-refractivity contribution in [3.8, 4) is 0 Å². The third kappa shape index (κ3) is 1.88. The maximum Gasteiger partial charge on any atom is 0.105 e. The van der Waals surface area contributed by atoms with Crippen molar-refractivity contribution in [3.05, 3.63) is 34.9 Å². The molecule has 2 aliphatic rings. The van der Waals surface area contributed by atoms with E-state index in [0.717, 1.165) is 25.8 Å². The molecule has 0 amide bonds. The lowest BCUT2D eigenvalue weighted by Crippen LogP contribution is -2.51. The second-order valence-electron chi connectivity index (χ2n) is 6.22. The fraction of sp³-hybridized carbons (Fsp3) is 0.625. The summed E-state index contributed by atoms with van der Waals surface area (Å²) in [5.41, 5.74) is 3.12. The Kier molecular flexibility index (Phi) is 2.95. The zero-order valence-electron chi connectivity index (χ0n) is 11.4. The normalized spacial score (nSPS) is 35.5. The van der Waals surface area contributed by atoms with E-state index in [1.165, 1.54) is 23.1 Å². The largest absolute Gasteiger partial charge is 0.384 e. The molecule has 1 heterocycles. The number of nitrogens with one attached hydrogen (secondary N) is 1. The van der Waals surface area contributed by atoms with Gasteiger partial charge in [0.25, 0.3) is 0 Å². The van der Waals surface area contributed by atoms with Gasteiger partial charge in [0, 0.05) is 6.04 Å². The van der Waals surface area contributed by atoms with Gasteiger partial charge in [-0.15, -0.1) is 0 Å². The van der Waals surface area contributed by atoms with E-state index < -0.39 is 5.60 Å². The number of fused-ring (bicyclic) bond motifs is 1. The summed E-state index contributed by atoms with van der Waals surface area (Å²) < 4.78 is 0. The predicted molar refractivity (Wildman–Crippen MR) is 73.6 cm³/mol. The molecule has 2 heteroatoms. The SMILES string of the molecule is Cc1ccc2c(c1)C(O)(C1CC(C)CCN1)CC2. The minimum absolute atomic E-state index is 0.226. The first kappa shape index (κ1) is 12.2. The van der Waals surface area contributed by atoms with Crippen LogP contribution in [0.4, 0.5) is 0 Å². The number of aliphatic hydroxyl groups is 1. The molecule has 1 aliphatic carbocycles. The van der Waals surface area contributed by atoms with Crippen molar-refractivity contribution in [1.29, 1.82) is 0 Å². The van der Waals surface area contributed by atoms with E-state index in [1.807, 2.05) is 0 Å². The molecule has 1 fully saturated rings. The fourth-order valence-electron chi connectivity index (χ4n) is 3.60. The van der Waals surface area contributed by atoms with Gasteiger partial charge in [-0.05, 0) is 56.2 Å². The summed E-state index contributed by atoms with van der Waals surface area (Å²) in [4.78, 5) is 0. The van der Waals surface area contributed by atoms with Crippen LogP contribution >= 0.6 is 0 Å². The monoisotopic (exact) mass is 245 g/mol. The van der Waals surface area contributed by atoms with Gasteiger partial charge in [0.2, 0.25) is 0 Å². The molecule has 1 aromatic carbocycles. The molecule has 2 N–H and O–H groups in total. The zero-order valence-corrected chi connectivity index (χ0v) is 11.4. The molecule has 0 radical (unpaired) electrons. The molecule has 1 aliphatic heterocycles. The number of hydrogen-bond donors (Lipinski definition) is 2. The third-order valence-corrected chi connectivity index (χ3v) is 4.75. The highest BCUT2D eigenvalue weighted by atomic mass is 16.3. The van der Waals surface area contributed by atoms with E-state index in [1.54, 1.807) is 0 Å². The lowest BCUT2D eigenvalue weighted by Gasteiger charge is -2.39. The zero-order chi connectivity index (χ0) is 12.8. The molecule has 1 saturated heterocycles. The molecule has 0 saturated carbocycles.